The Bertz CT molecular complexity index is 1270. The zero-order chi connectivity index (χ0) is 24.2. The van der Waals surface area contributed by atoms with Crippen molar-refractivity contribution in [1.29, 1.82) is 0 Å². The first-order valence-corrected chi connectivity index (χ1v) is 11.5. The smallest absolute Gasteiger partial charge is 0.264 e. The maximum atomic E-state index is 13.6. The molecule has 0 bridgehead atoms. The molecule has 0 saturated carbocycles. The predicted molar refractivity (Wildman–Crippen MR) is 127 cm³/mol. The molecule has 0 aliphatic carbocycles. The number of ether oxygens (including phenoxy) is 1. The van der Waals surface area contributed by atoms with Crippen LogP contribution in [0.3, 0.4) is 0 Å². The molecule has 0 aromatic heterocycles. The van der Waals surface area contributed by atoms with E-state index in [9.17, 15) is 18.0 Å². The lowest BCUT2D eigenvalue weighted by Crippen LogP contribution is -2.38. The van der Waals surface area contributed by atoms with Crippen LogP contribution in [0.2, 0.25) is 0 Å². The van der Waals surface area contributed by atoms with E-state index in [1.165, 1.54) is 43.5 Å². The Kier molecular flexibility index (Phi) is 7.03. The number of carbonyl (C=O) groups excluding carboxylic acids is 2. The summed E-state index contributed by atoms with van der Waals surface area (Å²) in [5.74, 6) is -0.842. The number of primary amides is 1. The third kappa shape index (κ3) is 5.50. The van der Waals surface area contributed by atoms with Gasteiger partial charge in [-0.25, -0.2) is 8.42 Å². The lowest BCUT2D eigenvalue weighted by Gasteiger charge is -2.26. The molecule has 8 nitrogen and oxygen atoms in total. The highest BCUT2D eigenvalue weighted by molar-refractivity contribution is 7.92. The van der Waals surface area contributed by atoms with Gasteiger partial charge in [-0.2, -0.15) is 0 Å². The second-order valence-electron chi connectivity index (χ2n) is 7.49. The van der Waals surface area contributed by atoms with Gasteiger partial charge in [0.2, 0.25) is 11.8 Å². The molecule has 9 heteroatoms. The summed E-state index contributed by atoms with van der Waals surface area (Å²) in [5.41, 5.74) is 7.88. The number of methoxy groups -OCH3 is 1. The van der Waals surface area contributed by atoms with Gasteiger partial charge in [0.15, 0.2) is 0 Å². The minimum absolute atomic E-state index is 0.0512. The number of sulfonamides is 1. The van der Waals surface area contributed by atoms with Gasteiger partial charge in [-0.15, -0.1) is 0 Å². The number of carbonyl (C=O) groups is 2. The Morgan fingerprint density at radius 3 is 2.12 bits per heavy atom. The average Bonchev–Trinajstić information content (AvgIpc) is 2.78. The maximum absolute atomic E-state index is 13.6. The number of hydrogen-bond donors (Lipinski definition) is 2. The molecule has 0 aliphatic rings. The SMILES string of the molecule is COc1ccc(C)cc1N(CC(=O)Nc1ccc(C(N)=O)cc1)S(=O)(=O)c1ccc(C)cc1. The highest BCUT2D eigenvalue weighted by Crippen LogP contribution is 2.33. The molecular formula is C24H25N3O5S. The van der Waals surface area contributed by atoms with E-state index in [0.717, 1.165) is 15.4 Å². The van der Waals surface area contributed by atoms with Crippen molar-refractivity contribution in [2.45, 2.75) is 18.7 Å². The van der Waals surface area contributed by atoms with Gasteiger partial charge in [0.1, 0.15) is 12.3 Å². The predicted octanol–water partition coefficient (Wildman–Crippen LogP) is 3.24. The Morgan fingerprint density at radius 1 is 0.939 bits per heavy atom. The second kappa shape index (κ2) is 9.74. The van der Waals surface area contributed by atoms with E-state index in [1.54, 1.807) is 30.3 Å². The Labute approximate surface area is 193 Å². The summed E-state index contributed by atoms with van der Waals surface area (Å²) in [6.07, 6.45) is 0. The van der Waals surface area contributed by atoms with Crippen molar-refractivity contribution >= 4 is 33.2 Å². The first kappa shape index (κ1) is 23.8. The summed E-state index contributed by atoms with van der Waals surface area (Å²) >= 11 is 0. The van der Waals surface area contributed by atoms with Gasteiger partial charge in [0.05, 0.1) is 17.7 Å². The molecule has 3 aromatic carbocycles. The van der Waals surface area contributed by atoms with E-state index in [4.69, 9.17) is 10.5 Å². The second-order valence-corrected chi connectivity index (χ2v) is 9.35. The molecule has 33 heavy (non-hydrogen) atoms. The normalized spacial score (nSPS) is 11.0. The van der Waals surface area contributed by atoms with Crippen LogP contribution in [0.25, 0.3) is 0 Å². The number of rotatable bonds is 8. The van der Waals surface area contributed by atoms with Crippen molar-refractivity contribution in [1.82, 2.24) is 0 Å². The Morgan fingerprint density at radius 2 is 1.55 bits per heavy atom. The number of nitrogens with two attached hydrogens (primary N) is 1. The molecule has 172 valence electrons. The minimum atomic E-state index is -4.09. The fraction of sp³-hybridized carbons (Fsp3) is 0.167. The zero-order valence-corrected chi connectivity index (χ0v) is 19.3. The molecule has 0 spiro atoms. The van der Waals surface area contributed by atoms with Crippen molar-refractivity contribution in [2.24, 2.45) is 5.73 Å². The van der Waals surface area contributed by atoms with E-state index < -0.39 is 28.4 Å². The van der Waals surface area contributed by atoms with Gasteiger partial charge < -0.3 is 15.8 Å². The first-order chi connectivity index (χ1) is 15.6. The monoisotopic (exact) mass is 467 g/mol. The number of nitrogens with one attached hydrogen (secondary N) is 1. The summed E-state index contributed by atoms with van der Waals surface area (Å²) in [5, 5.41) is 2.66. The molecular weight excluding hydrogens is 442 g/mol. The summed E-state index contributed by atoms with van der Waals surface area (Å²) < 4.78 is 33.5. The van der Waals surface area contributed by atoms with Gasteiger partial charge in [0.25, 0.3) is 10.0 Å². The van der Waals surface area contributed by atoms with E-state index in [-0.39, 0.29) is 10.6 Å². The molecule has 0 saturated heterocycles. The maximum Gasteiger partial charge on any atom is 0.264 e. The quantitative estimate of drug-likeness (QED) is 0.527. The fourth-order valence-electron chi connectivity index (χ4n) is 3.18. The van der Waals surface area contributed by atoms with Crippen molar-refractivity contribution in [3.8, 4) is 5.75 Å². The summed E-state index contributed by atoms with van der Waals surface area (Å²) in [6.45, 7) is 3.18. The van der Waals surface area contributed by atoms with Crippen molar-refractivity contribution < 1.29 is 22.7 Å². The van der Waals surface area contributed by atoms with Crippen molar-refractivity contribution in [2.75, 3.05) is 23.3 Å². The minimum Gasteiger partial charge on any atom is -0.495 e. The standard InChI is InChI=1S/C24H25N3O5S/c1-16-4-11-20(12-5-16)33(30,31)27(21-14-17(2)6-13-22(21)32-3)15-23(28)26-19-9-7-18(8-10-19)24(25)29/h4-14H,15H2,1-3H3,(H2,25,29)(H,26,28). The van der Waals surface area contributed by atoms with Gasteiger partial charge in [0, 0.05) is 11.3 Å². The zero-order valence-electron chi connectivity index (χ0n) is 18.5. The van der Waals surface area contributed by atoms with E-state index in [2.05, 4.69) is 5.32 Å². The van der Waals surface area contributed by atoms with Crippen LogP contribution in [0, 0.1) is 13.8 Å². The topological polar surface area (TPSA) is 119 Å². The Hall–Kier alpha value is -3.85. The van der Waals surface area contributed by atoms with Gasteiger partial charge in [-0.05, 0) is 67.9 Å². The van der Waals surface area contributed by atoms with Crippen LogP contribution in [0.15, 0.2) is 71.6 Å². The first-order valence-electron chi connectivity index (χ1n) is 10.1. The average molecular weight is 468 g/mol. The van der Waals surface area contributed by atoms with Crippen LogP contribution in [0.5, 0.6) is 5.75 Å². The van der Waals surface area contributed by atoms with Crippen LogP contribution in [-0.4, -0.2) is 33.9 Å². The van der Waals surface area contributed by atoms with Crippen LogP contribution in [0.1, 0.15) is 21.5 Å². The highest BCUT2D eigenvalue weighted by atomic mass is 32.2. The number of amides is 2. The number of benzene rings is 3. The number of hydrogen-bond acceptors (Lipinski definition) is 5. The van der Waals surface area contributed by atoms with E-state index in [0.29, 0.717) is 17.0 Å². The summed E-state index contributed by atoms with van der Waals surface area (Å²) in [7, 11) is -2.66. The molecule has 2 amide bonds. The molecule has 0 unspecified atom stereocenters. The highest BCUT2D eigenvalue weighted by Gasteiger charge is 2.29. The van der Waals surface area contributed by atoms with Crippen LogP contribution in [0.4, 0.5) is 11.4 Å². The largest absolute Gasteiger partial charge is 0.495 e. The number of anilines is 2. The van der Waals surface area contributed by atoms with E-state index in [1.807, 2.05) is 13.8 Å². The number of aryl methyl sites for hydroxylation is 2. The third-order valence-electron chi connectivity index (χ3n) is 4.95. The van der Waals surface area contributed by atoms with E-state index >= 15 is 0 Å². The van der Waals surface area contributed by atoms with Crippen LogP contribution >= 0.6 is 0 Å². The molecule has 0 radical (unpaired) electrons. The molecule has 3 rings (SSSR count). The molecule has 0 fully saturated rings. The molecule has 0 heterocycles. The third-order valence-corrected chi connectivity index (χ3v) is 6.73. The van der Waals surface area contributed by atoms with Crippen molar-refractivity contribution in [3.63, 3.8) is 0 Å². The lowest BCUT2D eigenvalue weighted by atomic mass is 10.2. The summed E-state index contributed by atoms with van der Waals surface area (Å²) in [4.78, 5) is 24.2. The van der Waals surface area contributed by atoms with Gasteiger partial charge >= 0.3 is 0 Å². The lowest BCUT2D eigenvalue weighted by molar-refractivity contribution is -0.114. The van der Waals surface area contributed by atoms with Gasteiger partial charge in [-0.1, -0.05) is 23.8 Å². The molecule has 0 aliphatic heterocycles. The van der Waals surface area contributed by atoms with Gasteiger partial charge in [-0.3, -0.25) is 13.9 Å². The fourth-order valence-corrected chi connectivity index (χ4v) is 4.60. The van der Waals surface area contributed by atoms with Crippen molar-refractivity contribution in [3.05, 3.63) is 83.4 Å². The van der Waals surface area contributed by atoms with Crippen LogP contribution in [-0.2, 0) is 14.8 Å². The molecule has 3 aromatic rings. The Balaban J connectivity index is 1.98. The van der Waals surface area contributed by atoms with Crippen LogP contribution < -0.4 is 20.1 Å². The summed E-state index contributed by atoms with van der Waals surface area (Å²) in [6, 6.07) is 17.5. The number of nitrogens with zero attached hydrogens (tertiary/aromatic N) is 1. The molecule has 3 N–H and O–H groups in total. The molecule has 0 atom stereocenters.